The second-order valence-electron chi connectivity index (χ2n) is 5.82. The van der Waals surface area contributed by atoms with Crippen molar-refractivity contribution in [2.75, 3.05) is 18.0 Å². The number of benzene rings is 1. The van der Waals surface area contributed by atoms with Gasteiger partial charge < -0.3 is 10.2 Å². The lowest BCUT2D eigenvalue weighted by Gasteiger charge is -2.14. The first-order valence-corrected chi connectivity index (χ1v) is 8.19. The zero-order chi connectivity index (χ0) is 16.1. The van der Waals surface area contributed by atoms with Crippen LogP contribution >= 0.6 is 0 Å². The zero-order valence-corrected chi connectivity index (χ0v) is 13.5. The molecule has 1 N–H and O–H groups in total. The predicted molar refractivity (Wildman–Crippen MR) is 90.5 cm³/mol. The maximum Gasteiger partial charge on any atom is 0.254 e. The average Bonchev–Trinajstić information content (AvgIpc) is 3.15. The van der Waals surface area contributed by atoms with Crippen molar-refractivity contribution in [1.29, 1.82) is 0 Å². The minimum Gasteiger partial charge on any atom is -0.348 e. The van der Waals surface area contributed by atoms with Gasteiger partial charge in [0, 0.05) is 32.0 Å². The van der Waals surface area contributed by atoms with Gasteiger partial charge in [-0.1, -0.05) is 31.2 Å². The van der Waals surface area contributed by atoms with Crippen LogP contribution in [0.1, 0.15) is 41.3 Å². The Labute approximate surface area is 136 Å². The van der Waals surface area contributed by atoms with Crippen LogP contribution < -0.4 is 10.2 Å². The van der Waals surface area contributed by atoms with Gasteiger partial charge in [0.05, 0.1) is 5.56 Å². The van der Waals surface area contributed by atoms with Crippen LogP contribution in [-0.4, -0.2) is 29.0 Å². The van der Waals surface area contributed by atoms with E-state index in [1.165, 1.54) is 18.4 Å². The number of hydrogen-bond donors (Lipinski definition) is 1. The number of aromatic nitrogens is 2. The third kappa shape index (κ3) is 3.86. The SMILES string of the molecule is CCc1ccc(CNC(=O)c2cnc(N3CCCC3)nc2)cc1. The van der Waals surface area contributed by atoms with Gasteiger partial charge in [0.1, 0.15) is 0 Å². The Morgan fingerprint density at radius 2 is 1.70 bits per heavy atom. The molecule has 1 amide bonds. The fourth-order valence-corrected chi connectivity index (χ4v) is 2.70. The Morgan fingerprint density at radius 1 is 1.09 bits per heavy atom. The van der Waals surface area contributed by atoms with Gasteiger partial charge in [0.15, 0.2) is 0 Å². The minimum absolute atomic E-state index is 0.141. The summed E-state index contributed by atoms with van der Waals surface area (Å²) in [5.74, 6) is 0.576. The first-order valence-electron chi connectivity index (χ1n) is 8.19. The summed E-state index contributed by atoms with van der Waals surface area (Å²) in [4.78, 5) is 22.9. The molecule has 0 unspecified atom stereocenters. The molecule has 0 saturated carbocycles. The van der Waals surface area contributed by atoms with Gasteiger partial charge in [0.25, 0.3) is 5.91 Å². The lowest BCUT2D eigenvalue weighted by molar-refractivity contribution is 0.0950. The molecule has 2 heterocycles. The molecule has 1 aliphatic heterocycles. The van der Waals surface area contributed by atoms with E-state index in [-0.39, 0.29) is 5.91 Å². The van der Waals surface area contributed by atoms with Crippen LogP contribution in [0, 0.1) is 0 Å². The molecule has 2 aromatic rings. The molecule has 0 radical (unpaired) electrons. The predicted octanol–water partition coefficient (Wildman–Crippen LogP) is 2.57. The molecule has 1 saturated heterocycles. The van der Waals surface area contributed by atoms with Crippen LogP contribution in [0.3, 0.4) is 0 Å². The Hall–Kier alpha value is -2.43. The lowest BCUT2D eigenvalue weighted by atomic mass is 10.1. The summed E-state index contributed by atoms with van der Waals surface area (Å²) < 4.78 is 0. The number of anilines is 1. The molecular weight excluding hydrogens is 288 g/mol. The van der Waals surface area contributed by atoms with E-state index in [4.69, 9.17) is 0 Å². The first kappa shape index (κ1) is 15.5. The normalized spacial score (nSPS) is 14.0. The summed E-state index contributed by atoms with van der Waals surface area (Å²) in [6.45, 7) is 4.64. The molecule has 120 valence electrons. The number of rotatable bonds is 5. The fraction of sp³-hybridized carbons (Fsp3) is 0.389. The number of aryl methyl sites for hydroxylation is 1. The largest absolute Gasteiger partial charge is 0.348 e. The van der Waals surface area contributed by atoms with Crippen LogP contribution in [0.4, 0.5) is 5.95 Å². The number of hydrogen-bond acceptors (Lipinski definition) is 4. The molecule has 1 aromatic carbocycles. The van der Waals surface area contributed by atoms with Gasteiger partial charge in [-0.3, -0.25) is 4.79 Å². The molecule has 5 heteroatoms. The highest BCUT2D eigenvalue weighted by Crippen LogP contribution is 2.14. The summed E-state index contributed by atoms with van der Waals surface area (Å²) in [6.07, 6.45) is 6.60. The first-order chi connectivity index (χ1) is 11.3. The van der Waals surface area contributed by atoms with Crippen molar-refractivity contribution in [3.63, 3.8) is 0 Å². The van der Waals surface area contributed by atoms with Crippen molar-refractivity contribution in [1.82, 2.24) is 15.3 Å². The van der Waals surface area contributed by atoms with E-state index in [0.717, 1.165) is 25.1 Å². The summed E-state index contributed by atoms with van der Waals surface area (Å²) in [5, 5.41) is 2.91. The second-order valence-corrected chi connectivity index (χ2v) is 5.82. The zero-order valence-electron chi connectivity index (χ0n) is 13.5. The van der Waals surface area contributed by atoms with Crippen LogP contribution in [0.5, 0.6) is 0 Å². The van der Waals surface area contributed by atoms with Gasteiger partial charge in [-0.25, -0.2) is 9.97 Å². The van der Waals surface area contributed by atoms with Crippen molar-refractivity contribution in [3.8, 4) is 0 Å². The summed E-state index contributed by atoms with van der Waals surface area (Å²) in [6, 6.07) is 8.28. The molecule has 0 atom stereocenters. The molecule has 1 aliphatic rings. The van der Waals surface area contributed by atoms with E-state index in [2.05, 4.69) is 39.2 Å². The Kier molecular flexibility index (Phi) is 4.86. The standard InChI is InChI=1S/C18H22N4O/c1-2-14-5-7-15(8-6-14)11-19-17(23)16-12-20-18(21-13-16)22-9-3-4-10-22/h5-8,12-13H,2-4,9-11H2,1H3,(H,19,23). The monoisotopic (exact) mass is 310 g/mol. The molecule has 23 heavy (non-hydrogen) atoms. The number of nitrogens with one attached hydrogen (secondary N) is 1. The summed E-state index contributed by atoms with van der Waals surface area (Å²) >= 11 is 0. The minimum atomic E-state index is -0.141. The maximum absolute atomic E-state index is 12.2. The number of nitrogens with zero attached hydrogens (tertiary/aromatic N) is 3. The summed E-state index contributed by atoms with van der Waals surface area (Å²) in [7, 11) is 0. The van der Waals surface area contributed by atoms with Gasteiger partial charge in [0.2, 0.25) is 5.95 Å². The highest BCUT2D eigenvalue weighted by Gasteiger charge is 2.15. The maximum atomic E-state index is 12.2. The van der Waals surface area contributed by atoms with Crippen LogP contribution in [0.2, 0.25) is 0 Å². The van der Waals surface area contributed by atoms with Crippen molar-refractivity contribution >= 4 is 11.9 Å². The van der Waals surface area contributed by atoms with E-state index in [1.807, 2.05) is 12.1 Å². The average molecular weight is 310 g/mol. The molecule has 0 spiro atoms. The van der Waals surface area contributed by atoms with Gasteiger partial charge >= 0.3 is 0 Å². The van der Waals surface area contributed by atoms with Crippen LogP contribution in [0.15, 0.2) is 36.7 Å². The highest BCUT2D eigenvalue weighted by molar-refractivity contribution is 5.93. The van der Waals surface area contributed by atoms with Crippen LogP contribution in [0.25, 0.3) is 0 Å². The van der Waals surface area contributed by atoms with Gasteiger partial charge in [-0.2, -0.15) is 0 Å². The van der Waals surface area contributed by atoms with E-state index in [1.54, 1.807) is 12.4 Å². The highest BCUT2D eigenvalue weighted by atomic mass is 16.1. The number of carbonyl (C=O) groups excluding carboxylic acids is 1. The molecule has 0 aliphatic carbocycles. The number of amides is 1. The Morgan fingerprint density at radius 3 is 2.30 bits per heavy atom. The Balaban J connectivity index is 1.56. The fourth-order valence-electron chi connectivity index (χ4n) is 2.70. The topological polar surface area (TPSA) is 58.1 Å². The van der Waals surface area contributed by atoms with Crippen molar-refractivity contribution in [2.24, 2.45) is 0 Å². The molecular formula is C18H22N4O. The van der Waals surface area contributed by atoms with E-state index in [0.29, 0.717) is 18.1 Å². The quantitative estimate of drug-likeness (QED) is 0.922. The van der Waals surface area contributed by atoms with Gasteiger partial charge in [-0.15, -0.1) is 0 Å². The van der Waals surface area contributed by atoms with Crippen molar-refractivity contribution < 1.29 is 4.79 Å². The van der Waals surface area contributed by atoms with E-state index in [9.17, 15) is 4.79 Å². The second kappa shape index (κ2) is 7.22. The van der Waals surface area contributed by atoms with E-state index >= 15 is 0 Å². The van der Waals surface area contributed by atoms with Crippen molar-refractivity contribution in [3.05, 3.63) is 53.3 Å². The third-order valence-corrected chi connectivity index (χ3v) is 4.17. The molecule has 0 bridgehead atoms. The van der Waals surface area contributed by atoms with E-state index < -0.39 is 0 Å². The van der Waals surface area contributed by atoms with Gasteiger partial charge in [-0.05, 0) is 30.4 Å². The molecule has 1 fully saturated rings. The molecule has 5 nitrogen and oxygen atoms in total. The molecule has 3 rings (SSSR count). The van der Waals surface area contributed by atoms with Crippen LogP contribution in [-0.2, 0) is 13.0 Å². The smallest absolute Gasteiger partial charge is 0.254 e. The Bertz CT molecular complexity index is 646. The summed E-state index contributed by atoms with van der Waals surface area (Å²) in [5.41, 5.74) is 2.88. The van der Waals surface area contributed by atoms with Crippen molar-refractivity contribution in [2.45, 2.75) is 32.7 Å². The lowest BCUT2D eigenvalue weighted by Crippen LogP contribution is -2.24. The molecule has 1 aromatic heterocycles. The number of carbonyl (C=O) groups is 1. The third-order valence-electron chi connectivity index (χ3n) is 4.17.